The Morgan fingerprint density at radius 1 is 1.15 bits per heavy atom. The van der Waals surface area contributed by atoms with Crippen LogP contribution < -0.4 is 5.32 Å². The van der Waals surface area contributed by atoms with Crippen LogP contribution in [0.1, 0.15) is 40.2 Å². The number of benzene rings is 1. The first-order chi connectivity index (χ1) is 12.1. The highest BCUT2D eigenvalue weighted by molar-refractivity contribution is 7.99. The molecule has 0 radical (unpaired) electrons. The SMILES string of the molecule is CC(C)(C)OC(=O)N[C@H](C(=O)O)C(C)(C)SCc1ccc(S(C)(=O)=O)cc1. The van der Waals surface area contributed by atoms with Crippen molar-refractivity contribution in [3.8, 4) is 0 Å². The summed E-state index contributed by atoms with van der Waals surface area (Å²) in [4.78, 5) is 23.9. The van der Waals surface area contributed by atoms with Crippen molar-refractivity contribution in [2.75, 3.05) is 6.26 Å². The zero-order chi connectivity index (χ0) is 21.0. The van der Waals surface area contributed by atoms with Crippen LogP contribution in [0, 0.1) is 0 Å². The maximum atomic E-state index is 12.0. The van der Waals surface area contributed by atoms with Crippen molar-refractivity contribution >= 4 is 33.7 Å². The first kappa shape index (κ1) is 23.3. The van der Waals surface area contributed by atoms with Gasteiger partial charge in [0.05, 0.1) is 4.90 Å². The molecule has 1 atom stereocenters. The molecule has 0 saturated carbocycles. The van der Waals surface area contributed by atoms with Crippen molar-refractivity contribution in [3.63, 3.8) is 0 Å². The summed E-state index contributed by atoms with van der Waals surface area (Å²) in [5.74, 6) is -0.706. The van der Waals surface area contributed by atoms with Crippen LogP contribution in [0.4, 0.5) is 4.79 Å². The number of carboxylic acid groups (broad SMARTS) is 1. The van der Waals surface area contributed by atoms with E-state index in [0.717, 1.165) is 11.8 Å². The Labute approximate surface area is 164 Å². The molecule has 0 aliphatic heterocycles. The number of sulfone groups is 1. The highest BCUT2D eigenvalue weighted by Crippen LogP contribution is 2.32. The van der Waals surface area contributed by atoms with Crippen molar-refractivity contribution < 1.29 is 27.9 Å². The summed E-state index contributed by atoms with van der Waals surface area (Å²) < 4.78 is 27.3. The molecule has 0 spiro atoms. The molecule has 0 heterocycles. The Hall–Kier alpha value is -1.74. The quantitative estimate of drug-likeness (QED) is 0.701. The molecule has 0 fully saturated rings. The van der Waals surface area contributed by atoms with E-state index in [9.17, 15) is 23.1 Å². The minimum absolute atomic E-state index is 0.227. The molecule has 0 aliphatic carbocycles. The molecule has 0 aromatic heterocycles. The predicted molar refractivity (Wildman–Crippen MR) is 106 cm³/mol. The minimum Gasteiger partial charge on any atom is -0.480 e. The first-order valence-electron chi connectivity index (χ1n) is 8.27. The van der Waals surface area contributed by atoms with Crippen LogP contribution in [-0.2, 0) is 25.1 Å². The molecule has 1 aromatic carbocycles. The molecule has 9 heteroatoms. The van der Waals surface area contributed by atoms with Gasteiger partial charge in [0.2, 0.25) is 0 Å². The van der Waals surface area contributed by atoms with E-state index in [4.69, 9.17) is 4.74 Å². The molecule has 1 amide bonds. The Bertz CT molecular complexity index is 779. The lowest BCUT2D eigenvalue weighted by atomic mass is 10.0. The molecular formula is C18H27NO6S2. The van der Waals surface area contributed by atoms with Crippen molar-refractivity contribution in [2.45, 2.75) is 61.7 Å². The third-order valence-corrected chi connectivity index (χ3v) is 6.15. The van der Waals surface area contributed by atoms with E-state index in [2.05, 4.69) is 5.32 Å². The molecule has 152 valence electrons. The molecule has 7 nitrogen and oxygen atoms in total. The number of nitrogens with one attached hydrogen (secondary N) is 1. The standard InChI is InChI=1S/C18H27NO6S2/c1-17(2,3)25-16(22)19-14(15(20)21)18(4,5)26-11-12-7-9-13(10-8-12)27(6,23)24/h7-10,14H,11H2,1-6H3,(H,19,22)(H,20,21)/t14-/m1/s1. The smallest absolute Gasteiger partial charge is 0.408 e. The van der Waals surface area contributed by atoms with E-state index >= 15 is 0 Å². The van der Waals surface area contributed by atoms with Crippen LogP contribution in [0.2, 0.25) is 0 Å². The minimum atomic E-state index is -3.26. The number of carbonyl (C=O) groups excluding carboxylic acids is 1. The predicted octanol–water partition coefficient (Wildman–Crippen LogP) is 3.08. The molecule has 1 rings (SSSR count). The van der Waals surface area contributed by atoms with E-state index in [1.54, 1.807) is 46.8 Å². The molecule has 2 N–H and O–H groups in total. The fourth-order valence-corrected chi connectivity index (χ4v) is 3.83. The van der Waals surface area contributed by atoms with Gasteiger partial charge in [-0.3, -0.25) is 0 Å². The Kier molecular flexibility index (Phi) is 7.35. The van der Waals surface area contributed by atoms with Gasteiger partial charge >= 0.3 is 12.1 Å². The van der Waals surface area contributed by atoms with Gasteiger partial charge in [-0.25, -0.2) is 18.0 Å². The fraction of sp³-hybridized carbons (Fsp3) is 0.556. The topological polar surface area (TPSA) is 110 Å². The fourth-order valence-electron chi connectivity index (χ4n) is 2.14. The second-order valence-corrected chi connectivity index (χ2v) is 11.4. The van der Waals surface area contributed by atoms with E-state index in [1.165, 1.54) is 23.9 Å². The van der Waals surface area contributed by atoms with Crippen molar-refractivity contribution in [2.24, 2.45) is 0 Å². The lowest BCUT2D eigenvalue weighted by molar-refractivity contribution is -0.140. The average Bonchev–Trinajstić information content (AvgIpc) is 2.48. The van der Waals surface area contributed by atoms with E-state index in [-0.39, 0.29) is 4.90 Å². The van der Waals surface area contributed by atoms with Gasteiger partial charge in [0, 0.05) is 16.8 Å². The largest absolute Gasteiger partial charge is 0.480 e. The number of hydrogen-bond acceptors (Lipinski definition) is 6. The van der Waals surface area contributed by atoms with Crippen LogP contribution in [0.25, 0.3) is 0 Å². The number of amides is 1. The van der Waals surface area contributed by atoms with Gasteiger partial charge in [-0.05, 0) is 52.3 Å². The summed E-state index contributed by atoms with van der Waals surface area (Å²) in [5, 5.41) is 11.9. The highest BCUT2D eigenvalue weighted by atomic mass is 32.2. The lowest BCUT2D eigenvalue weighted by Crippen LogP contribution is -2.53. The van der Waals surface area contributed by atoms with Gasteiger partial charge in [0.15, 0.2) is 9.84 Å². The number of ether oxygens (including phenoxy) is 1. The Morgan fingerprint density at radius 3 is 2.07 bits per heavy atom. The van der Waals surface area contributed by atoms with Gasteiger partial charge in [0.25, 0.3) is 0 Å². The molecule has 0 unspecified atom stereocenters. The zero-order valence-corrected chi connectivity index (χ0v) is 18.0. The summed E-state index contributed by atoms with van der Waals surface area (Å²) in [5.41, 5.74) is 0.119. The van der Waals surface area contributed by atoms with Crippen LogP contribution in [-0.4, -0.2) is 48.2 Å². The Balaban J connectivity index is 2.83. The monoisotopic (exact) mass is 417 g/mol. The maximum absolute atomic E-state index is 12.0. The van der Waals surface area contributed by atoms with Crippen LogP contribution >= 0.6 is 11.8 Å². The van der Waals surface area contributed by atoms with Gasteiger partial charge in [-0.1, -0.05) is 12.1 Å². The molecular weight excluding hydrogens is 390 g/mol. The normalized spacial score (nSPS) is 13.7. The van der Waals surface area contributed by atoms with Crippen molar-refractivity contribution in [1.29, 1.82) is 0 Å². The van der Waals surface area contributed by atoms with Crippen LogP contribution in [0.15, 0.2) is 29.2 Å². The van der Waals surface area contributed by atoms with E-state index in [1.807, 2.05) is 0 Å². The van der Waals surface area contributed by atoms with Crippen LogP contribution in [0.3, 0.4) is 0 Å². The average molecular weight is 418 g/mol. The van der Waals surface area contributed by atoms with Crippen molar-refractivity contribution in [1.82, 2.24) is 5.32 Å². The maximum Gasteiger partial charge on any atom is 0.408 e. The number of carbonyl (C=O) groups is 2. The molecule has 27 heavy (non-hydrogen) atoms. The van der Waals surface area contributed by atoms with Gasteiger partial charge in [-0.2, -0.15) is 0 Å². The third kappa shape index (κ3) is 7.80. The van der Waals surface area contributed by atoms with Gasteiger partial charge in [-0.15, -0.1) is 11.8 Å². The molecule has 1 aromatic rings. The molecule has 0 aliphatic rings. The summed E-state index contributed by atoms with van der Waals surface area (Å²) in [6.07, 6.45) is 0.348. The Morgan fingerprint density at radius 2 is 1.67 bits per heavy atom. The second kappa shape index (κ2) is 8.52. The zero-order valence-electron chi connectivity index (χ0n) is 16.4. The number of carboxylic acids is 1. The van der Waals surface area contributed by atoms with E-state index in [0.29, 0.717) is 5.75 Å². The van der Waals surface area contributed by atoms with Gasteiger partial charge in [0.1, 0.15) is 11.6 Å². The molecule has 0 saturated heterocycles. The third-order valence-electron chi connectivity index (χ3n) is 3.57. The molecule has 0 bridgehead atoms. The summed E-state index contributed by atoms with van der Waals surface area (Å²) >= 11 is 1.34. The highest BCUT2D eigenvalue weighted by Gasteiger charge is 2.38. The first-order valence-corrected chi connectivity index (χ1v) is 11.1. The van der Waals surface area contributed by atoms with Crippen molar-refractivity contribution in [3.05, 3.63) is 29.8 Å². The number of aliphatic carboxylic acids is 1. The summed E-state index contributed by atoms with van der Waals surface area (Å²) in [6.45, 7) is 8.53. The number of alkyl carbamates (subject to hydrolysis) is 1. The van der Waals surface area contributed by atoms with Crippen LogP contribution in [0.5, 0.6) is 0 Å². The second-order valence-electron chi connectivity index (χ2n) is 7.73. The number of thioether (sulfide) groups is 1. The number of hydrogen-bond donors (Lipinski definition) is 2. The summed E-state index contributed by atoms with van der Waals surface area (Å²) in [6, 6.07) is 5.26. The lowest BCUT2D eigenvalue weighted by Gasteiger charge is -2.32. The van der Waals surface area contributed by atoms with E-state index < -0.39 is 38.3 Å². The summed E-state index contributed by atoms with van der Waals surface area (Å²) in [7, 11) is -3.26. The van der Waals surface area contributed by atoms with Gasteiger partial charge < -0.3 is 15.2 Å². The number of rotatable bonds is 7.